The van der Waals surface area contributed by atoms with Crippen LogP contribution < -0.4 is 10.9 Å². The second-order valence-corrected chi connectivity index (χ2v) is 4.04. The molecule has 2 rings (SSSR count). The van der Waals surface area contributed by atoms with Crippen LogP contribution in [0, 0.1) is 0 Å². The fraction of sp³-hybridized carbons (Fsp3) is 0.154. The van der Waals surface area contributed by atoms with Gasteiger partial charge in [-0.2, -0.15) is 13.2 Å². The summed E-state index contributed by atoms with van der Waals surface area (Å²) < 4.78 is 38.6. The van der Waals surface area contributed by atoms with Crippen molar-refractivity contribution in [3.63, 3.8) is 0 Å². The van der Waals surface area contributed by atoms with Crippen LogP contribution in [0.3, 0.4) is 0 Å². The van der Waals surface area contributed by atoms with Gasteiger partial charge in [-0.05, 0) is 30.3 Å². The van der Waals surface area contributed by atoms with Crippen LogP contribution in [-0.4, -0.2) is 16.8 Å². The predicted octanol–water partition coefficient (Wildman–Crippen LogP) is 2.87. The summed E-state index contributed by atoms with van der Waals surface area (Å²) in [5.74, 6) is 0. The molecule has 0 saturated heterocycles. The maximum absolute atomic E-state index is 12.5. The number of aromatic nitrogens is 2. The summed E-state index contributed by atoms with van der Waals surface area (Å²) in [5, 5.41) is 5.49. The van der Waals surface area contributed by atoms with Gasteiger partial charge < -0.3 is 5.32 Å². The van der Waals surface area contributed by atoms with Gasteiger partial charge in [0, 0.05) is 7.05 Å². The highest BCUT2D eigenvalue weighted by molar-refractivity contribution is 5.61. The van der Waals surface area contributed by atoms with Gasteiger partial charge in [0.05, 0.1) is 16.9 Å². The first kappa shape index (κ1) is 14.0. The van der Waals surface area contributed by atoms with Gasteiger partial charge in [0.1, 0.15) is 5.69 Å². The van der Waals surface area contributed by atoms with Crippen LogP contribution in [0.5, 0.6) is 0 Å². The Kier molecular flexibility index (Phi) is 3.44. The number of aromatic amines is 1. The van der Waals surface area contributed by atoms with Gasteiger partial charge in [0.2, 0.25) is 0 Å². The van der Waals surface area contributed by atoms with E-state index >= 15 is 0 Å². The molecule has 106 valence electrons. The summed E-state index contributed by atoms with van der Waals surface area (Å²) in [7, 11) is 1.58. The van der Waals surface area contributed by atoms with Crippen LogP contribution in [0.2, 0.25) is 0 Å². The summed E-state index contributed by atoms with van der Waals surface area (Å²) in [6, 6.07) is 4.31. The molecule has 0 amide bonds. The van der Waals surface area contributed by atoms with Crippen LogP contribution in [0.15, 0.2) is 35.6 Å². The number of anilines is 1. The molecule has 0 saturated carbocycles. The molecule has 0 spiro atoms. The smallest absolute Gasteiger partial charge is 0.382 e. The number of halogens is 3. The third-order valence-electron chi connectivity index (χ3n) is 2.83. The molecule has 20 heavy (non-hydrogen) atoms. The number of nitrogens with one attached hydrogen (secondary N) is 2. The summed E-state index contributed by atoms with van der Waals surface area (Å²) in [5.41, 5.74) is -0.0642. The zero-order valence-corrected chi connectivity index (χ0v) is 10.6. The molecular formula is C13H12F3N3O. The first-order chi connectivity index (χ1) is 9.38. The van der Waals surface area contributed by atoms with Gasteiger partial charge in [-0.25, -0.2) is 4.68 Å². The lowest BCUT2D eigenvalue weighted by atomic mass is 10.2. The molecule has 0 aliphatic heterocycles. The van der Waals surface area contributed by atoms with Gasteiger partial charge >= 0.3 is 6.18 Å². The average molecular weight is 283 g/mol. The van der Waals surface area contributed by atoms with Crippen molar-refractivity contribution in [1.82, 2.24) is 9.78 Å². The Morgan fingerprint density at radius 1 is 1.30 bits per heavy atom. The van der Waals surface area contributed by atoms with Crippen molar-refractivity contribution in [3.8, 4) is 5.69 Å². The van der Waals surface area contributed by atoms with E-state index in [0.29, 0.717) is 17.1 Å². The molecule has 0 aliphatic carbocycles. The lowest BCUT2D eigenvalue weighted by Crippen LogP contribution is -2.17. The normalized spacial score (nSPS) is 11.4. The quantitative estimate of drug-likeness (QED) is 0.910. The van der Waals surface area contributed by atoms with Crippen LogP contribution in [0.1, 0.15) is 11.3 Å². The van der Waals surface area contributed by atoms with Crippen LogP contribution in [0.4, 0.5) is 18.9 Å². The van der Waals surface area contributed by atoms with E-state index in [0.717, 1.165) is 16.8 Å². The zero-order chi connectivity index (χ0) is 14.9. The zero-order valence-electron chi connectivity index (χ0n) is 10.6. The Labute approximate surface area is 112 Å². The van der Waals surface area contributed by atoms with E-state index < -0.39 is 11.7 Å². The Balaban J connectivity index is 2.50. The van der Waals surface area contributed by atoms with E-state index in [9.17, 15) is 18.0 Å². The summed E-state index contributed by atoms with van der Waals surface area (Å²) in [4.78, 5) is 12.1. The summed E-state index contributed by atoms with van der Waals surface area (Å²) in [6.07, 6.45) is -2.95. The second-order valence-electron chi connectivity index (χ2n) is 4.04. The Morgan fingerprint density at radius 3 is 2.30 bits per heavy atom. The molecule has 1 heterocycles. The van der Waals surface area contributed by atoms with Crippen LogP contribution in [0.25, 0.3) is 11.8 Å². The van der Waals surface area contributed by atoms with E-state index in [1.165, 1.54) is 18.2 Å². The Bertz CT molecular complexity index is 680. The number of hydrogen-bond donors (Lipinski definition) is 2. The predicted molar refractivity (Wildman–Crippen MR) is 71.0 cm³/mol. The lowest BCUT2D eigenvalue weighted by molar-refractivity contribution is -0.137. The number of H-pyrrole nitrogens is 1. The van der Waals surface area contributed by atoms with E-state index in [4.69, 9.17) is 0 Å². The topological polar surface area (TPSA) is 49.8 Å². The molecule has 2 N–H and O–H groups in total. The molecule has 0 fully saturated rings. The summed E-state index contributed by atoms with van der Waals surface area (Å²) in [6.45, 7) is 3.56. The molecule has 7 heteroatoms. The second kappa shape index (κ2) is 4.92. The van der Waals surface area contributed by atoms with Gasteiger partial charge in [0.15, 0.2) is 0 Å². The number of hydrogen-bond acceptors (Lipinski definition) is 2. The Morgan fingerprint density at radius 2 is 1.90 bits per heavy atom. The highest BCUT2D eigenvalue weighted by atomic mass is 19.4. The molecule has 4 nitrogen and oxygen atoms in total. The monoisotopic (exact) mass is 283 g/mol. The van der Waals surface area contributed by atoms with E-state index in [1.54, 1.807) is 7.05 Å². The molecule has 0 unspecified atom stereocenters. The van der Waals surface area contributed by atoms with Crippen LogP contribution in [-0.2, 0) is 6.18 Å². The SMILES string of the molecule is C=Cc1[nH]n(-c2ccc(C(F)(F)F)cc2)c(=O)c1NC. The first-order valence-electron chi connectivity index (χ1n) is 5.71. The molecule has 1 aromatic heterocycles. The van der Waals surface area contributed by atoms with E-state index in [-0.39, 0.29) is 5.56 Å². The third kappa shape index (κ3) is 2.34. The molecule has 2 aromatic rings. The third-order valence-corrected chi connectivity index (χ3v) is 2.83. The lowest BCUT2D eigenvalue weighted by Gasteiger charge is -2.07. The molecule has 0 aliphatic rings. The van der Waals surface area contributed by atoms with E-state index in [1.807, 2.05) is 0 Å². The summed E-state index contributed by atoms with van der Waals surface area (Å²) >= 11 is 0. The average Bonchev–Trinajstić information content (AvgIpc) is 2.74. The van der Waals surface area contributed by atoms with Crippen molar-refractivity contribution >= 4 is 11.8 Å². The number of nitrogens with zero attached hydrogens (tertiary/aromatic N) is 1. The van der Waals surface area contributed by atoms with Crippen LogP contribution >= 0.6 is 0 Å². The van der Waals surface area contributed by atoms with Gasteiger partial charge in [-0.15, -0.1) is 0 Å². The van der Waals surface area contributed by atoms with Gasteiger partial charge in [-0.1, -0.05) is 6.58 Å². The minimum atomic E-state index is -4.40. The Hall–Kier alpha value is -2.44. The minimum Gasteiger partial charge on any atom is -0.382 e. The number of rotatable bonds is 3. The van der Waals surface area contributed by atoms with Crippen molar-refractivity contribution in [2.45, 2.75) is 6.18 Å². The van der Waals surface area contributed by atoms with Crippen molar-refractivity contribution in [2.24, 2.45) is 0 Å². The van der Waals surface area contributed by atoms with Crippen molar-refractivity contribution in [3.05, 3.63) is 52.5 Å². The number of benzene rings is 1. The highest BCUT2D eigenvalue weighted by Crippen LogP contribution is 2.29. The maximum Gasteiger partial charge on any atom is 0.416 e. The molecule has 0 atom stereocenters. The fourth-order valence-electron chi connectivity index (χ4n) is 1.82. The first-order valence-corrected chi connectivity index (χ1v) is 5.71. The standard InChI is InChI=1S/C13H12F3N3O/c1-3-10-11(17-2)12(20)19(18-10)9-6-4-8(5-7-9)13(14,15)16/h3-7,17-18H,1H2,2H3. The fourth-order valence-corrected chi connectivity index (χ4v) is 1.82. The molecule has 0 bridgehead atoms. The molecular weight excluding hydrogens is 271 g/mol. The number of alkyl halides is 3. The molecule has 0 radical (unpaired) electrons. The van der Waals surface area contributed by atoms with Crippen molar-refractivity contribution in [1.29, 1.82) is 0 Å². The highest BCUT2D eigenvalue weighted by Gasteiger charge is 2.30. The van der Waals surface area contributed by atoms with Crippen molar-refractivity contribution < 1.29 is 13.2 Å². The largest absolute Gasteiger partial charge is 0.416 e. The van der Waals surface area contributed by atoms with Crippen molar-refractivity contribution in [2.75, 3.05) is 12.4 Å². The van der Waals surface area contributed by atoms with Gasteiger partial charge in [-0.3, -0.25) is 9.89 Å². The van der Waals surface area contributed by atoms with E-state index in [2.05, 4.69) is 17.0 Å². The molecule has 1 aromatic carbocycles. The van der Waals surface area contributed by atoms with Gasteiger partial charge in [0.25, 0.3) is 5.56 Å². The minimum absolute atomic E-state index is 0.305. The maximum atomic E-state index is 12.5.